The monoisotopic (exact) mass is 487 g/mol. The quantitative estimate of drug-likeness (QED) is 0.354. The molecule has 1 N–H and O–H groups in total. The number of anilines is 1. The second kappa shape index (κ2) is 9.73. The van der Waals surface area contributed by atoms with Crippen LogP contribution in [0.2, 0.25) is 10.0 Å². The number of thiophene rings is 1. The van der Waals surface area contributed by atoms with Crippen molar-refractivity contribution in [1.29, 1.82) is 0 Å². The van der Waals surface area contributed by atoms with E-state index in [1.807, 2.05) is 36.6 Å². The van der Waals surface area contributed by atoms with E-state index in [-0.39, 0.29) is 12.1 Å². The molecule has 6 nitrogen and oxygen atoms in total. The fraction of sp³-hybridized carbons (Fsp3) is 0.174. The third-order valence-corrected chi connectivity index (χ3v) is 6.17. The van der Waals surface area contributed by atoms with Crippen molar-refractivity contribution in [2.75, 3.05) is 11.9 Å². The largest absolute Gasteiger partial charge is 0.494 e. The summed E-state index contributed by atoms with van der Waals surface area (Å²) in [5.41, 5.74) is 1.75. The van der Waals surface area contributed by atoms with E-state index in [4.69, 9.17) is 27.9 Å². The first-order valence-corrected chi connectivity index (χ1v) is 11.5. The van der Waals surface area contributed by atoms with E-state index in [2.05, 4.69) is 10.3 Å². The lowest BCUT2D eigenvalue weighted by atomic mass is 10.1. The van der Waals surface area contributed by atoms with Crippen LogP contribution in [0.5, 0.6) is 5.75 Å². The van der Waals surface area contributed by atoms with E-state index >= 15 is 0 Å². The minimum absolute atomic E-state index is 0.205. The maximum Gasteiger partial charge on any atom is 0.263 e. The van der Waals surface area contributed by atoms with Gasteiger partial charge in [-0.15, -0.1) is 11.3 Å². The van der Waals surface area contributed by atoms with Gasteiger partial charge in [-0.25, -0.2) is 4.98 Å². The summed E-state index contributed by atoms with van der Waals surface area (Å²) in [4.78, 5) is 30.7. The molecule has 2 aromatic heterocycles. The Labute approximate surface area is 198 Å². The molecule has 164 valence electrons. The number of ether oxygens (including phenoxy) is 1. The Kier molecular flexibility index (Phi) is 6.79. The van der Waals surface area contributed by atoms with Crippen molar-refractivity contribution in [2.24, 2.45) is 0 Å². The van der Waals surface area contributed by atoms with Crippen molar-refractivity contribution in [1.82, 2.24) is 9.55 Å². The number of benzene rings is 2. The zero-order valence-corrected chi connectivity index (χ0v) is 19.4. The number of nitrogens with zero attached hydrogens (tertiary/aromatic N) is 2. The Hall–Kier alpha value is -2.87. The van der Waals surface area contributed by atoms with Crippen LogP contribution in [0.4, 0.5) is 5.69 Å². The van der Waals surface area contributed by atoms with Crippen LogP contribution in [0.3, 0.4) is 0 Å². The molecule has 0 unspecified atom stereocenters. The molecule has 32 heavy (non-hydrogen) atoms. The molecule has 0 radical (unpaired) electrons. The van der Waals surface area contributed by atoms with E-state index < -0.39 is 5.91 Å². The molecule has 0 fully saturated rings. The number of aromatic nitrogens is 2. The third kappa shape index (κ3) is 4.80. The second-order valence-corrected chi connectivity index (χ2v) is 8.75. The standard InChI is InChI=1S/C23H19Cl2N3O3S/c1-2-9-31-16-6-3-14(4-7-16)17-12-32-22-21(17)23(30)28(13-26-22)11-20(29)27-19-10-15(24)5-8-18(19)25/h3-8,10,12-13H,2,9,11H2,1H3,(H,27,29). The molecule has 0 spiro atoms. The van der Waals surface area contributed by atoms with Crippen LogP contribution >= 0.6 is 34.5 Å². The molecule has 4 aromatic rings. The van der Waals surface area contributed by atoms with Crippen LogP contribution in [0, 0.1) is 0 Å². The first kappa shape index (κ1) is 22.3. The SMILES string of the molecule is CCCOc1ccc(-c2csc3ncn(CC(=O)Nc4cc(Cl)ccc4Cl)c(=O)c23)cc1. The molecule has 0 atom stereocenters. The average molecular weight is 488 g/mol. The highest BCUT2D eigenvalue weighted by Crippen LogP contribution is 2.31. The number of fused-ring (bicyclic) bond motifs is 1. The van der Waals surface area contributed by atoms with Gasteiger partial charge in [-0.05, 0) is 42.3 Å². The third-order valence-electron chi connectivity index (χ3n) is 4.72. The van der Waals surface area contributed by atoms with Crippen LogP contribution in [-0.4, -0.2) is 22.1 Å². The lowest BCUT2D eigenvalue weighted by Crippen LogP contribution is -2.27. The van der Waals surface area contributed by atoms with Crippen molar-refractivity contribution >= 4 is 56.3 Å². The second-order valence-electron chi connectivity index (χ2n) is 7.05. The van der Waals surface area contributed by atoms with E-state index in [9.17, 15) is 9.59 Å². The number of carbonyl (C=O) groups excluding carboxylic acids is 1. The molecule has 2 aromatic carbocycles. The fourth-order valence-corrected chi connectivity index (χ4v) is 4.42. The number of hydrogen-bond acceptors (Lipinski definition) is 5. The van der Waals surface area contributed by atoms with Gasteiger partial charge >= 0.3 is 0 Å². The molecule has 0 aliphatic heterocycles. The summed E-state index contributed by atoms with van der Waals surface area (Å²) in [7, 11) is 0. The van der Waals surface area contributed by atoms with E-state index in [0.29, 0.717) is 32.6 Å². The summed E-state index contributed by atoms with van der Waals surface area (Å²) >= 11 is 13.5. The van der Waals surface area contributed by atoms with Gasteiger partial charge in [0, 0.05) is 16.0 Å². The summed E-state index contributed by atoms with van der Waals surface area (Å²) in [6.07, 6.45) is 2.31. The van der Waals surface area contributed by atoms with Crippen LogP contribution in [-0.2, 0) is 11.3 Å². The summed E-state index contributed by atoms with van der Waals surface area (Å²) in [6, 6.07) is 12.4. The molecule has 2 heterocycles. The fourth-order valence-electron chi connectivity index (χ4n) is 3.18. The Morgan fingerprint density at radius 1 is 1.19 bits per heavy atom. The zero-order valence-electron chi connectivity index (χ0n) is 17.1. The lowest BCUT2D eigenvalue weighted by molar-refractivity contribution is -0.116. The minimum atomic E-state index is -0.411. The molecule has 4 rings (SSSR count). The van der Waals surface area contributed by atoms with E-state index in [0.717, 1.165) is 23.3 Å². The van der Waals surface area contributed by atoms with Crippen molar-refractivity contribution in [2.45, 2.75) is 19.9 Å². The maximum absolute atomic E-state index is 13.2. The van der Waals surface area contributed by atoms with E-state index in [1.165, 1.54) is 22.2 Å². The van der Waals surface area contributed by atoms with Crippen molar-refractivity contribution in [3.05, 3.63) is 74.6 Å². The van der Waals surface area contributed by atoms with Gasteiger partial charge in [0.05, 0.1) is 29.0 Å². The summed E-state index contributed by atoms with van der Waals surface area (Å²) in [6.45, 7) is 2.50. The number of halogens is 2. The number of hydrogen-bond donors (Lipinski definition) is 1. The van der Waals surface area contributed by atoms with Crippen LogP contribution in [0.25, 0.3) is 21.3 Å². The Bertz CT molecular complexity index is 1330. The number of amides is 1. The first-order valence-electron chi connectivity index (χ1n) is 9.91. The van der Waals surface area contributed by atoms with Crippen molar-refractivity contribution < 1.29 is 9.53 Å². The van der Waals surface area contributed by atoms with Gasteiger partial charge < -0.3 is 10.1 Å². The van der Waals surface area contributed by atoms with Crippen molar-refractivity contribution in [3.63, 3.8) is 0 Å². The highest BCUT2D eigenvalue weighted by molar-refractivity contribution is 7.17. The van der Waals surface area contributed by atoms with Gasteiger partial charge in [0.25, 0.3) is 5.56 Å². The molecule has 0 bridgehead atoms. The Morgan fingerprint density at radius 2 is 1.97 bits per heavy atom. The first-order chi connectivity index (χ1) is 15.5. The zero-order chi connectivity index (χ0) is 22.7. The molecule has 1 amide bonds. The van der Waals surface area contributed by atoms with Gasteiger partial charge in [-0.1, -0.05) is 42.3 Å². The molecular weight excluding hydrogens is 469 g/mol. The van der Waals surface area contributed by atoms with Crippen LogP contribution in [0.15, 0.2) is 59.0 Å². The van der Waals surface area contributed by atoms with Gasteiger partial charge in [0.1, 0.15) is 17.1 Å². The van der Waals surface area contributed by atoms with Crippen molar-refractivity contribution in [3.8, 4) is 16.9 Å². The van der Waals surface area contributed by atoms with Gasteiger partial charge in [-0.3, -0.25) is 14.2 Å². The molecule has 0 saturated heterocycles. The highest BCUT2D eigenvalue weighted by Gasteiger charge is 2.15. The van der Waals surface area contributed by atoms with Gasteiger partial charge in [-0.2, -0.15) is 0 Å². The highest BCUT2D eigenvalue weighted by atomic mass is 35.5. The normalized spacial score (nSPS) is 11.0. The van der Waals surface area contributed by atoms with Crippen LogP contribution in [0.1, 0.15) is 13.3 Å². The number of nitrogens with one attached hydrogen (secondary N) is 1. The maximum atomic E-state index is 13.2. The molecule has 9 heteroatoms. The number of rotatable bonds is 7. The lowest BCUT2D eigenvalue weighted by Gasteiger charge is -2.09. The van der Waals surface area contributed by atoms with Gasteiger partial charge in [0.15, 0.2) is 0 Å². The summed E-state index contributed by atoms with van der Waals surface area (Å²) in [5, 5.41) is 5.86. The topological polar surface area (TPSA) is 73.2 Å². The molecule has 0 aliphatic rings. The minimum Gasteiger partial charge on any atom is -0.494 e. The number of carbonyl (C=O) groups is 1. The van der Waals surface area contributed by atoms with E-state index in [1.54, 1.807) is 18.2 Å². The Balaban J connectivity index is 1.60. The predicted molar refractivity (Wildman–Crippen MR) is 130 cm³/mol. The molecular formula is C23H19Cl2N3O3S. The Morgan fingerprint density at radius 3 is 2.72 bits per heavy atom. The van der Waals surface area contributed by atoms with Gasteiger partial charge in [0.2, 0.25) is 5.91 Å². The average Bonchev–Trinajstić information content (AvgIpc) is 3.22. The molecule has 0 aliphatic carbocycles. The molecule has 0 saturated carbocycles. The van der Waals surface area contributed by atoms with Crippen LogP contribution < -0.4 is 15.6 Å². The predicted octanol–water partition coefficient (Wildman–Crippen LogP) is 5.86. The summed E-state index contributed by atoms with van der Waals surface area (Å²) in [5.74, 6) is 0.369. The smallest absolute Gasteiger partial charge is 0.263 e. The summed E-state index contributed by atoms with van der Waals surface area (Å²) < 4.78 is 6.91.